The molecule has 1 aromatic carbocycles. The molecule has 110 valence electrons. The number of thiol groups is 1. The van der Waals surface area contributed by atoms with Gasteiger partial charge in [-0.25, -0.2) is 15.0 Å². The van der Waals surface area contributed by atoms with Gasteiger partial charge in [0.2, 0.25) is 5.95 Å². The van der Waals surface area contributed by atoms with Gasteiger partial charge in [0.25, 0.3) is 0 Å². The maximum atomic E-state index is 14.1. The number of halogens is 1. The molecule has 0 radical (unpaired) electrons. The second-order valence-corrected chi connectivity index (χ2v) is 5.71. The molecule has 0 amide bonds. The van der Waals surface area contributed by atoms with Crippen LogP contribution in [0.2, 0.25) is 0 Å². The number of rotatable bonds is 3. The smallest absolute Gasteiger partial charge is 0.220 e. The molecule has 0 fully saturated rings. The van der Waals surface area contributed by atoms with Crippen molar-refractivity contribution in [3.05, 3.63) is 66.5 Å². The van der Waals surface area contributed by atoms with E-state index in [1.807, 2.05) is 31.2 Å². The third kappa shape index (κ3) is 2.99. The topological polar surface area (TPSA) is 38.7 Å². The Morgan fingerprint density at radius 2 is 1.68 bits per heavy atom. The highest BCUT2D eigenvalue weighted by Crippen LogP contribution is 2.28. The highest BCUT2D eigenvalue weighted by Gasteiger charge is 2.11. The van der Waals surface area contributed by atoms with Crippen molar-refractivity contribution in [3.8, 4) is 22.5 Å². The summed E-state index contributed by atoms with van der Waals surface area (Å²) in [5, 5.41) is 0.140. The highest BCUT2D eigenvalue weighted by atomic mass is 32.1. The Morgan fingerprint density at radius 1 is 1.00 bits per heavy atom. The Kier molecular flexibility index (Phi) is 4.15. The average molecular weight is 311 g/mol. The fourth-order valence-corrected chi connectivity index (χ4v) is 2.33. The number of nitrogens with zero attached hydrogens (tertiary/aromatic N) is 3. The van der Waals surface area contributed by atoms with E-state index >= 15 is 0 Å². The normalized spacial score (nSPS) is 12.1. The van der Waals surface area contributed by atoms with Crippen molar-refractivity contribution < 1.29 is 4.39 Å². The monoisotopic (exact) mass is 311 g/mol. The van der Waals surface area contributed by atoms with Crippen LogP contribution in [-0.2, 0) is 0 Å². The minimum Gasteiger partial charge on any atom is -0.237 e. The van der Waals surface area contributed by atoms with Gasteiger partial charge in [0, 0.05) is 35.0 Å². The van der Waals surface area contributed by atoms with E-state index in [1.54, 1.807) is 24.5 Å². The molecule has 22 heavy (non-hydrogen) atoms. The molecular formula is C17H14FN3S. The second kappa shape index (κ2) is 6.23. The van der Waals surface area contributed by atoms with E-state index in [-0.39, 0.29) is 5.25 Å². The molecule has 0 saturated heterocycles. The van der Waals surface area contributed by atoms with Crippen molar-refractivity contribution in [1.82, 2.24) is 15.0 Å². The first-order valence-electron chi connectivity index (χ1n) is 6.86. The predicted molar refractivity (Wildman–Crippen MR) is 88.1 cm³/mol. The Morgan fingerprint density at radius 3 is 2.32 bits per heavy atom. The van der Waals surface area contributed by atoms with Crippen molar-refractivity contribution >= 4 is 12.6 Å². The van der Waals surface area contributed by atoms with Crippen LogP contribution in [0.15, 0.2) is 55.0 Å². The van der Waals surface area contributed by atoms with Crippen LogP contribution < -0.4 is 0 Å². The van der Waals surface area contributed by atoms with Crippen LogP contribution in [0.5, 0.6) is 0 Å². The van der Waals surface area contributed by atoms with Crippen molar-refractivity contribution in [2.24, 2.45) is 0 Å². The molecule has 0 aliphatic rings. The van der Waals surface area contributed by atoms with Crippen molar-refractivity contribution in [3.63, 3.8) is 0 Å². The van der Waals surface area contributed by atoms with Crippen LogP contribution in [0.25, 0.3) is 22.5 Å². The van der Waals surface area contributed by atoms with Gasteiger partial charge in [0.1, 0.15) is 0 Å². The lowest BCUT2D eigenvalue weighted by Crippen LogP contribution is -1.94. The Hall–Kier alpha value is -2.27. The molecule has 0 bridgehead atoms. The van der Waals surface area contributed by atoms with Gasteiger partial charge >= 0.3 is 0 Å². The maximum absolute atomic E-state index is 14.1. The van der Waals surface area contributed by atoms with Crippen LogP contribution in [0.1, 0.15) is 17.7 Å². The number of aromatic nitrogens is 3. The van der Waals surface area contributed by atoms with Crippen molar-refractivity contribution in [2.75, 3.05) is 0 Å². The zero-order chi connectivity index (χ0) is 15.5. The Labute approximate surface area is 133 Å². The van der Waals surface area contributed by atoms with Gasteiger partial charge in [-0.15, -0.1) is 0 Å². The van der Waals surface area contributed by atoms with E-state index in [2.05, 4.69) is 27.6 Å². The summed E-state index contributed by atoms with van der Waals surface area (Å²) in [5.74, 6) is 0.0169. The molecule has 1 atom stereocenters. The van der Waals surface area contributed by atoms with E-state index in [9.17, 15) is 4.39 Å². The minimum absolute atomic E-state index is 0.140. The third-order valence-electron chi connectivity index (χ3n) is 3.37. The zero-order valence-corrected chi connectivity index (χ0v) is 12.8. The summed E-state index contributed by atoms with van der Waals surface area (Å²) >= 11 is 4.39. The highest BCUT2D eigenvalue weighted by molar-refractivity contribution is 7.80. The van der Waals surface area contributed by atoms with E-state index in [0.717, 1.165) is 11.1 Å². The third-order valence-corrected chi connectivity index (χ3v) is 3.67. The standard InChI is InChI=1S/C17H14FN3S/c1-11(22)12-3-5-13(6-4-12)15-9-14(10-21-16(15)18)17-19-7-2-8-20-17/h2-11,22H,1H3. The van der Waals surface area contributed by atoms with E-state index in [4.69, 9.17) is 0 Å². The Balaban J connectivity index is 2.03. The van der Waals surface area contributed by atoms with E-state index < -0.39 is 5.95 Å². The molecule has 2 heterocycles. The first kappa shape index (κ1) is 14.7. The van der Waals surface area contributed by atoms with Gasteiger partial charge in [0.05, 0.1) is 0 Å². The van der Waals surface area contributed by atoms with E-state index in [0.29, 0.717) is 17.0 Å². The summed E-state index contributed by atoms with van der Waals surface area (Å²) in [6.07, 6.45) is 4.74. The lowest BCUT2D eigenvalue weighted by atomic mass is 10.0. The summed E-state index contributed by atoms with van der Waals surface area (Å²) < 4.78 is 14.1. The summed E-state index contributed by atoms with van der Waals surface area (Å²) in [7, 11) is 0. The molecular weight excluding hydrogens is 297 g/mol. The Bertz CT molecular complexity index is 774. The maximum Gasteiger partial charge on any atom is 0.220 e. The molecule has 3 rings (SSSR count). The molecule has 0 saturated carbocycles. The SMILES string of the molecule is CC(S)c1ccc(-c2cc(-c3ncccn3)cnc2F)cc1. The van der Waals surface area contributed by atoms with Crippen LogP contribution in [0.4, 0.5) is 4.39 Å². The van der Waals surface area contributed by atoms with Crippen molar-refractivity contribution in [1.29, 1.82) is 0 Å². The molecule has 0 spiro atoms. The predicted octanol–water partition coefficient (Wildman–Crippen LogP) is 4.34. The molecule has 1 unspecified atom stereocenters. The van der Waals surface area contributed by atoms with Crippen LogP contribution in [0, 0.1) is 5.95 Å². The first-order valence-corrected chi connectivity index (χ1v) is 7.38. The molecule has 3 nitrogen and oxygen atoms in total. The van der Waals surface area contributed by atoms with Gasteiger partial charge in [-0.2, -0.15) is 17.0 Å². The fourth-order valence-electron chi connectivity index (χ4n) is 2.16. The van der Waals surface area contributed by atoms with Crippen LogP contribution in [-0.4, -0.2) is 15.0 Å². The van der Waals surface area contributed by atoms with Crippen LogP contribution >= 0.6 is 12.6 Å². The minimum atomic E-state index is -0.508. The van der Waals surface area contributed by atoms with Crippen molar-refractivity contribution in [2.45, 2.75) is 12.2 Å². The largest absolute Gasteiger partial charge is 0.237 e. The summed E-state index contributed by atoms with van der Waals surface area (Å²) in [4.78, 5) is 12.2. The summed E-state index contributed by atoms with van der Waals surface area (Å²) in [6, 6.07) is 11.1. The molecule has 2 aromatic heterocycles. The lowest BCUT2D eigenvalue weighted by molar-refractivity contribution is 0.588. The van der Waals surface area contributed by atoms with Gasteiger partial charge in [-0.3, -0.25) is 0 Å². The molecule has 3 aromatic rings. The van der Waals surface area contributed by atoms with E-state index in [1.165, 1.54) is 6.20 Å². The first-order chi connectivity index (χ1) is 10.6. The number of hydrogen-bond donors (Lipinski definition) is 1. The molecule has 0 aliphatic carbocycles. The number of benzene rings is 1. The average Bonchev–Trinajstić information content (AvgIpc) is 2.56. The number of pyridine rings is 1. The van der Waals surface area contributed by atoms with Gasteiger partial charge < -0.3 is 0 Å². The quantitative estimate of drug-likeness (QED) is 0.578. The zero-order valence-electron chi connectivity index (χ0n) is 11.9. The van der Waals surface area contributed by atoms with Crippen LogP contribution in [0.3, 0.4) is 0 Å². The summed E-state index contributed by atoms with van der Waals surface area (Å²) in [5.41, 5.74) is 2.97. The molecule has 5 heteroatoms. The molecule has 0 aliphatic heterocycles. The summed E-state index contributed by atoms with van der Waals surface area (Å²) in [6.45, 7) is 1.99. The van der Waals surface area contributed by atoms with Gasteiger partial charge in [-0.05, 0) is 30.2 Å². The lowest BCUT2D eigenvalue weighted by Gasteiger charge is -2.08. The van der Waals surface area contributed by atoms with Gasteiger partial charge in [-0.1, -0.05) is 24.3 Å². The second-order valence-electron chi connectivity index (χ2n) is 4.93. The fraction of sp³-hybridized carbons (Fsp3) is 0.118. The van der Waals surface area contributed by atoms with Gasteiger partial charge in [0.15, 0.2) is 5.82 Å². The number of hydrogen-bond acceptors (Lipinski definition) is 4. The molecule has 0 N–H and O–H groups in total.